The molecule has 1 aromatic carbocycles. The average Bonchev–Trinajstić information content (AvgIpc) is 2.26. The molecule has 0 saturated heterocycles. The molecular formula is C10H11BrF2NO4PS. The van der Waals surface area contributed by atoms with Gasteiger partial charge in [0, 0.05) is 15.8 Å². The second-order valence-electron chi connectivity index (χ2n) is 3.86. The van der Waals surface area contributed by atoms with E-state index in [1.165, 1.54) is 23.9 Å². The highest BCUT2D eigenvalue weighted by Crippen LogP contribution is 2.60. The van der Waals surface area contributed by atoms with Crippen LogP contribution in [0, 0.1) is 0 Å². The molecule has 0 unspecified atom stereocenters. The molecular weight excluding hydrogens is 379 g/mol. The van der Waals surface area contributed by atoms with E-state index in [2.05, 4.69) is 15.9 Å². The minimum absolute atomic E-state index is 0.0953. The number of carbonyl (C=O) groups is 1. The third kappa shape index (κ3) is 4.26. The normalized spacial score (nSPS) is 12.4. The summed E-state index contributed by atoms with van der Waals surface area (Å²) < 4.78 is 37.8. The predicted octanol–water partition coefficient (Wildman–Crippen LogP) is 2.39. The summed E-state index contributed by atoms with van der Waals surface area (Å²) in [7, 11) is -5.60. The standard InChI is InChI=1S/C10H11BrF2NO4PS/c11-8-3-6(4-20-5-9(14)15)1-2-7(8)10(12,13)19(16,17)18/h1-3H,4-5H2,(H2,14,15)(H2,16,17,18). The summed E-state index contributed by atoms with van der Waals surface area (Å²) in [6.45, 7) is 0. The second kappa shape index (κ2) is 6.53. The first-order chi connectivity index (χ1) is 9.05. The van der Waals surface area contributed by atoms with Crippen molar-refractivity contribution in [3.8, 4) is 0 Å². The Hall–Kier alpha value is -0.470. The van der Waals surface area contributed by atoms with Gasteiger partial charge in [0.25, 0.3) is 0 Å². The van der Waals surface area contributed by atoms with Gasteiger partial charge in [0.2, 0.25) is 5.91 Å². The minimum atomic E-state index is -5.60. The molecule has 112 valence electrons. The number of alkyl halides is 2. The molecule has 0 aliphatic rings. The lowest BCUT2D eigenvalue weighted by molar-refractivity contribution is -0.115. The molecule has 5 nitrogen and oxygen atoms in total. The highest BCUT2D eigenvalue weighted by Gasteiger charge is 2.51. The maximum Gasteiger partial charge on any atom is 0.399 e. The number of thioether (sulfide) groups is 1. The maximum absolute atomic E-state index is 13.6. The summed E-state index contributed by atoms with van der Waals surface area (Å²) in [5.74, 6) is -0.0277. The van der Waals surface area contributed by atoms with E-state index in [0.29, 0.717) is 11.3 Å². The predicted molar refractivity (Wildman–Crippen MR) is 75.4 cm³/mol. The van der Waals surface area contributed by atoms with Crippen molar-refractivity contribution in [3.63, 3.8) is 0 Å². The summed E-state index contributed by atoms with van der Waals surface area (Å²) >= 11 is 4.08. The monoisotopic (exact) mass is 389 g/mol. The topological polar surface area (TPSA) is 101 Å². The number of amides is 1. The SMILES string of the molecule is NC(=O)CSCc1ccc(C(F)(F)P(=O)(O)O)c(Br)c1. The Morgan fingerprint density at radius 2 is 2.05 bits per heavy atom. The number of benzene rings is 1. The highest BCUT2D eigenvalue weighted by atomic mass is 79.9. The Labute approximate surface area is 126 Å². The highest BCUT2D eigenvalue weighted by molar-refractivity contribution is 9.10. The molecule has 0 aliphatic carbocycles. The molecule has 1 amide bonds. The first kappa shape index (κ1) is 17.6. The first-order valence-corrected chi connectivity index (χ1v) is 8.70. The van der Waals surface area contributed by atoms with Crippen molar-refractivity contribution in [2.45, 2.75) is 11.4 Å². The van der Waals surface area contributed by atoms with Crippen LogP contribution in [0.1, 0.15) is 11.1 Å². The van der Waals surface area contributed by atoms with Gasteiger partial charge in [-0.15, -0.1) is 11.8 Å². The van der Waals surface area contributed by atoms with Gasteiger partial charge in [0.1, 0.15) is 0 Å². The van der Waals surface area contributed by atoms with Crippen LogP contribution >= 0.6 is 35.3 Å². The molecule has 1 rings (SSSR count). The first-order valence-electron chi connectivity index (χ1n) is 5.14. The Balaban J connectivity index is 2.94. The zero-order valence-electron chi connectivity index (χ0n) is 9.92. The van der Waals surface area contributed by atoms with E-state index in [1.54, 1.807) is 0 Å². The molecule has 0 aromatic heterocycles. The third-order valence-corrected chi connectivity index (χ3v) is 4.89. The lowest BCUT2D eigenvalue weighted by Gasteiger charge is -2.19. The molecule has 20 heavy (non-hydrogen) atoms. The van der Waals surface area contributed by atoms with E-state index in [0.717, 1.165) is 6.07 Å². The van der Waals surface area contributed by atoms with Crippen molar-refractivity contribution < 1.29 is 27.9 Å². The lowest BCUT2D eigenvalue weighted by Crippen LogP contribution is -2.15. The molecule has 0 fully saturated rings. The van der Waals surface area contributed by atoms with Crippen molar-refractivity contribution >= 4 is 41.2 Å². The van der Waals surface area contributed by atoms with E-state index in [4.69, 9.17) is 15.5 Å². The van der Waals surface area contributed by atoms with Crippen LogP contribution in [0.3, 0.4) is 0 Å². The van der Waals surface area contributed by atoms with Gasteiger partial charge in [0.15, 0.2) is 0 Å². The zero-order chi connectivity index (χ0) is 15.6. The molecule has 0 atom stereocenters. The van der Waals surface area contributed by atoms with E-state index >= 15 is 0 Å². The largest absolute Gasteiger partial charge is 0.399 e. The van der Waals surface area contributed by atoms with Crippen LogP contribution in [-0.4, -0.2) is 21.4 Å². The van der Waals surface area contributed by atoms with Gasteiger partial charge in [-0.3, -0.25) is 9.36 Å². The fourth-order valence-electron chi connectivity index (χ4n) is 1.32. The Bertz CT molecular complexity index is 566. The molecule has 0 spiro atoms. The molecule has 0 radical (unpaired) electrons. The molecule has 0 aliphatic heterocycles. The number of rotatable bonds is 6. The van der Waals surface area contributed by atoms with Gasteiger partial charge in [-0.1, -0.05) is 28.1 Å². The molecule has 0 bridgehead atoms. The van der Waals surface area contributed by atoms with Crippen LogP contribution in [-0.2, 0) is 20.8 Å². The number of carbonyl (C=O) groups excluding carboxylic acids is 1. The summed E-state index contributed by atoms with van der Waals surface area (Å²) in [4.78, 5) is 27.9. The van der Waals surface area contributed by atoms with Crippen molar-refractivity contribution in [1.82, 2.24) is 0 Å². The average molecular weight is 390 g/mol. The van der Waals surface area contributed by atoms with Gasteiger partial charge >= 0.3 is 13.3 Å². The van der Waals surface area contributed by atoms with Crippen molar-refractivity contribution in [2.24, 2.45) is 5.73 Å². The number of primary amides is 1. The summed E-state index contributed by atoms with van der Waals surface area (Å²) in [6, 6.07) is 3.59. The minimum Gasteiger partial charge on any atom is -0.369 e. The van der Waals surface area contributed by atoms with Crippen LogP contribution < -0.4 is 5.73 Å². The molecule has 10 heteroatoms. The molecule has 4 N–H and O–H groups in total. The van der Waals surface area contributed by atoms with E-state index < -0.39 is 24.7 Å². The quantitative estimate of drug-likeness (QED) is 0.648. The lowest BCUT2D eigenvalue weighted by atomic mass is 10.1. The molecule has 0 saturated carbocycles. The third-order valence-electron chi connectivity index (χ3n) is 2.24. The number of hydrogen-bond acceptors (Lipinski definition) is 3. The van der Waals surface area contributed by atoms with Gasteiger partial charge in [-0.25, -0.2) is 0 Å². The number of nitrogens with two attached hydrogens (primary N) is 1. The van der Waals surface area contributed by atoms with Crippen molar-refractivity contribution in [1.29, 1.82) is 0 Å². The van der Waals surface area contributed by atoms with Crippen LogP contribution in [0.25, 0.3) is 0 Å². The van der Waals surface area contributed by atoms with Gasteiger partial charge < -0.3 is 15.5 Å². The van der Waals surface area contributed by atoms with Gasteiger partial charge in [0.05, 0.1) is 5.75 Å². The smallest absolute Gasteiger partial charge is 0.369 e. The van der Waals surface area contributed by atoms with E-state index in [9.17, 15) is 18.1 Å². The summed E-state index contributed by atoms with van der Waals surface area (Å²) in [5.41, 5.74) is 0.538. The van der Waals surface area contributed by atoms with Crippen LogP contribution in [0.4, 0.5) is 8.78 Å². The zero-order valence-corrected chi connectivity index (χ0v) is 13.2. The van der Waals surface area contributed by atoms with Crippen molar-refractivity contribution in [3.05, 3.63) is 33.8 Å². The molecule has 0 heterocycles. The fraction of sp³-hybridized carbons (Fsp3) is 0.300. The Morgan fingerprint density at radius 3 is 2.50 bits per heavy atom. The van der Waals surface area contributed by atoms with Crippen LogP contribution in [0.15, 0.2) is 22.7 Å². The summed E-state index contributed by atoms with van der Waals surface area (Å²) in [6.07, 6.45) is 0. The van der Waals surface area contributed by atoms with Gasteiger partial charge in [-0.2, -0.15) is 8.78 Å². The van der Waals surface area contributed by atoms with E-state index in [1.807, 2.05) is 0 Å². The van der Waals surface area contributed by atoms with Crippen LogP contribution in [0.2, 0.25) is 0 Å². The van der Waals surface area contributed by atoms with Gasteiger partial charge in [-0.05, 0) is 11.6 Å². The Morgan fingerprint density at radius 1 is 1.45 bits per heavy atom. The fourth-order valence-corrected chi connectivity index (χ4v) is 3.37. The van der Waals surface area contributed by atoms with Crippen molar-refractivity contribution in [2.75, 3.05) is 5.75 Å². The summed E-state index contributed by atoms with van der Waals surface area (Å²) in [5, 5.41) is 0. The number of halogens is 3. The van der Waals surface area contributed by atoms with E-state index in [-0.39, 0.29) is 10.2 Å². The Kier molecular flexibility index (Phi) is 5.74. The molecule has 1 aromatic rings. The van der Waals surface area contributed by atoms with Crippen LogP contribution in [0.5, 0.6) is 0 Å². The second-order valence-corrected chi connectivity index (χ2v) is 7.35. The maximum atomic E-state index is 13.6. The number of hydrogen-bond donors (Lipinski definition) is 3.